The molecule has 1 unspecified atom stereocenters. The molecule has 1 N–H and O–H groups in total. The monoisotopic (exact) mass is 234 g/mol. The highest BCUT2D eigenvalue weighted by molar-refractivity contribution is 5.76. The standard InChI is InChI=1S/C13H18N2O2/c1-9(10-5-7-14-8-6-10)15-12(11-3-4-11)13(16)17-2/h5-9,11-12,15H,3-4H2,1-2H3/t9-,12?/m0/s1. The van der Waals surface area contributed by atoms with Crippen LogP contribution in [0.25, 0.3) is 0 Å². The molecule has 0 saturated heterocycles. The Morgan fingerprint density at radius 2 is 2.12 bits per heavy atom. The Balaban J connectivity index is 2.00. The van der Waals surface area contributed by atoms with Crippen LogP contribution in [0.1, 0.15) is 31.4 Å². The van der Waals surface area contributed by atoms with Gasteiger partial charge in [-0.2, -0.15) is 0 Å². The molecule has 92 valence electrons. The van der Waals surface area contributed by atoms with E-state index in [1.807, 2.05) is 19.1 Å². The minimum atomic E-state index is -0.178. The summed E-state index contributed by atoms with van der Waals surface area (Å²) in [6.45, 7) is 2.05. The highest BCUT2D eigenvalue weighted by atomic mass is 16.5. The second kappa shape index (κ2) is 5.27. The molecule has 0 aliphatic heterocycles. The first-order chi connectivity index (χ1) is 8.22. The molecular weight excluding hydrogens is 216 g/mol. The molecule has 0 radical (unpaired) electrons. The number of hydrogen-bond acceptors (Lipinski definition) is 4. The molecule has 1 aliphatic carbocycles. The minimum Gasteiger partial charge on any atom is -0.468 e. The topological polar surface area (TPSA) is 51.2 Å². The molecule has 4 nitrogen and oxygen atoms in total. The van der Waals surface area contributed by atoms with Gasteiger partial charge in [0.1, 0.15) is 6.04 Å². The third kappa shape index (κ3) is 3.03. The van der Waals surface area contributed by atoms with E-state index in [2.05, 4.69) is 10.3 Å². The quantitative estimate of drug-likeness (QED) is 0.788. The molecular formula is C13H18N2O2. The van der Waals surface area contributed by atoms with E-state index in [-0.39, 0.29) is 18.1 Å². The van der Waals surface area contributed by atoms with Gasteiger partial charge < -0.3 is 4.74 Å². The largest absolute Gasteiger partial charge is 0.468 e. The summed E-state index contributed by atoms with van der Waals surface area (Å²) >= 11 is 0. The van der Waals surface area contributed by atoms with Crippen LogP contribution in [-0.4, -0.2) is 24.1 Å². The number of methoxy groups -OCH3 is 1. The van der Waals surface area contributed by atoms with Crippen molar-refractivity contribution in [2.24, 2.45) is 5.92 Å². The SMILES string of the molecule is COC(=O)C(N[C@@H](C)c1ccncc1)C1CC1. The van der Waals surface area contributed by atoms with Crippen LogP contribution in [0.4, 0.5) is 0 Å². The molecule has 0 spiro atoms. The van der Waals surface area contributed by atoms with Gasteiger partial charge in [0, 0.05) is 18.4 Å². The number of ether oxygens (including phenoxy) is 1. The van der Waals surface area contributed by atoms with Gasteiger partial charge in [-0.3, -0.25) is 15.1 Å². The number of aromatic nitrogens is 1. The Hall–Kier alpha value is -1.42. The molecule has 1 aromatic rings. The number of rotatable bonds is 5. The summed E-state index contributed by atoms with van der Waals surface area (Å²) in [5.74, 6) is 0.278. The second-order valence-corrected chi connectivity index (χ2v) is 4.51. The number of carbonyl (C=O) groups excluding carboxylic acids is 1. The zero-order valence-corrected chi connectivity index (χ0v) is 10.2. The number of esters is 1. The lowest BCUT2D eigenvalue weighted by atomic mass is 10.1. The van der Waals surface area contributed by atoms with Crippen molar-refractivity contribution in [3.8, 4) is 0 Å². The Morgan fingerprint density at radius 1 is 1.47 bits per heavy atom. The third-order valence-corrected chi connectivity index (χ3v) is 3.18. The first-order valence-electron chi connectivity index (χ1n) is 5.96. The second-order valence-electron chi connectivity index (χ2n) is 4.51. The maximum atomic E-state index is 11.7. The molecule has 1 aromatic heterocycles. The molecule has 1 fully saturated rings. The van der Waals surface area contributed by atoms with E-state index >= 15 is 0 Å². The molecule has 4 heteroatoms. The Bertz CT molecular complexity index is 376. The Labute approximate surface area is 101 Å². The van der Waals surface area contributed by atoms with Gasteiger partial charge in [-0.1, -0.05) is 0 Å². The van der Waals surface area contributed by atoms with Gasteiger partial charge in [0.15, 0.2) is 0 Å². The maximum absolute atomic E-state index is 11.7. The number of nitrogens with one attached hydrogen (secondary N) is 1. The molecule has 2 atom stereocenters. The van der Waals surface area contributed by atoms with Crippen molar-refractivity contribution in [1.29, 1.82) is 0 Å². The van der Waals surface area contributed by atoms with E-state index in [4.69, 9.17) is 4.74 Å². The van der Waals surface area contributed by atoms with E-state index in [0.717, 1.165) is 18.4 Å². The van der Waals surface area contributed by atoms with Gasteiger partial charge in [0.05, 0.1) is 7.11 Å². The fourth-order valence-corrected chi connectivity index (χ4v) is 1.97. The van der Waals surface area contributed by atoms with Crippen LogP contribution in [-0.2, 0) is 9.53 Å². The highest BCUT2D eigenvalue weighted by Crippen LogP contribution is 2.34. The zero-order valence-electron chi connectivity index (χ0n) is 10.2. The summed E-state index contributed by atoms with van der Waals surface area (Å²) in [5, 5.41) is 3.34. The molecule has 0 bridgehead atoms. The Kier molecular flexibility index (Phi) is 3.74. The summed E-state index contributed by atoms with van der Waals surface area (Å²) in [5.41, 5.74) is 1.13. The third-order valence-electron chi connectivity index (χ3n) is 3.18. The summed E-state index contributed by atoms with van der Waals surface area (Å²) < 4.78 is 4.84. The summed E-state index contributed by atoms with van der Waals surface area (Å²) in [6.07, 6.45) is 5.74. The van der Waals surface area contributed by atoms with Crippen LogP contribution in [0, 0.1) is 5.92 Å². The van der Waals surface area contributed by atoms with Crippen molar-refractivity contribution < 1.29 is 9.53 Å². The zero-order chi connectivity index (χ0) is 12.3. The van der Waals surface area contributed by atoms with Crippen LogP contribution in [0.2, 0.25) is 0 Å². The van der Waals surface area contributed by atoms with E-state index in [9.17, 15) is 4.79 Å². The molecule has 1 saturated carbocycles. The number of hydrogen-bond donors (Lipinski definition) is 1. The van der Waals surface area contributed by atoms with Crippen LogP contribution < -0.4 is 5.32 Å². The molecule has 2 rings (SSSR count). The van der Waals surface area contributed by atoms with Gasteiger partial charge in [0.25, 0.3) is 0 Å². The van der Waals surface area contributed by atoms with E-state index in [1.54, 1.807) is 12.4 Å². The summed E-state index contributed by atoms with van der Waals surface area (Å²) in [6, 6.07) is 3.86. The smallest absolute Gasteiger partial charge is 0.323 e. The fourth-order valence-electron chi connectivity index (χ4n) is 1.97. The predicted octanol–water partition coefficient (Wildman–Crippen LogP) is 1.68. The molecule has 17 heavy (non-hydrogen) atoms. The summed E-state index contributed by atoms with van der Waals surface area (Å²) in [7, 11) is 1.44. The van der Waals surface area contributed by atoms with Crippen LogP contribution in [0.15, 0.2) is 24.5 Å². The van der Waals surface area contributed by atoms with Crippen LogP contribution in [0.5, 0.6) is 0 Å². The molecule has 1 aliphatic rings. The van der Waals surface area contributed by atoms with Gasteiger partial charge in [-0.15, -0.1) is 0 Å². The molecule has 0 amide bonds. The first kappa shape index (κ1) is 12.0. The highest BCUT2D eigenvalue weighted by Gasteiger charge is 2.37. The van der Waals surface area contributed by atoms with Crippen molar-refractivity contribution in [3.63, 3.8) is 0 Å². The Morgan fingerprint density at radius 3 is 2.65 bits per heavy atom. The number of carbonyl (C=O) groups is 1. The van der Waals surface area contributed by atoms with Gasteiger partial charge in [-0.25, -0.2) is 0 Å². The lowest BCUT2D eigenvalue weighted by Gasteiger charge is -2.21. The number of nitrogens with zero attached hydrogens (tertiary/aromatic N) is 1. The lowest BCUT2D eigenvalue weighted by Crippen LogP contribution is -2.40. The van der Waals surface area contributed by atoms with Crippen LogP contribution >= 0.6 is 0 Å². The van der Waals surface area contributed by atoms with Gasteiger partial charge in [0.2, 0.25) is 0 Å². The predicted molar refractivity (Wildman–Crippen MR) is 64.3 cm³/mol. The van der Waals surface area contributed by atoms with E-state index in [1.165, 1.54) is 7.11 Å². The van der Waals surface area contributed by atoms with Crippen molar-refractivity contribution in [2.75, 3.05) is 7.11 Å². The lowest BCUT2D eigenvalue weighted by molar-refractivity contribution is -0.144. The average Bonchev–Trinajstić information content (AvgIpc) is 3.20. The summed E-state index contributed by atoms with van der Waals surface area (Å²) in [4.78, 5) is 15.6. The van der Waals surface area contributed by atoms with Gasteiger partial charge in [-0.05, 0) is 43.4 Å². The fraction of sp³-hybridized carbons (Fsp3) is 0.538. The van der Waals surface area contributed by atoms with E-state index in [0.29, 0.717) is 5.92 Å². The average molecular weight is 234 g/mol. The van der Waals surface area contributed by atoms with Crippen molar-refractivity contribution in [2.45, 2.75) is 31.8 Å². The van der Waals surface area contributed by atoms with Gasteiger partial charge >= 0.3 is 5.97 Å². The minimum absolute atomic E-state index is 0.127. The van der Waals surface area contributed by atoms with Crippen molar-refractivity contribution in [3.05, 3.63) is 30.1 Å². The first-order valence-corrected chi connectivity index (χ1v) is 5.96. The van der Waals surface area contributed by atoms with Crippen molar-refractivity contribution in [1.82, 2.24) is 10.3 Å². The van der Waals surface area contributed by atoms with Crippen LogP contribution in [0.3, 0.4) is 0 Å². The molecule has 0 aromatic carbocycles. The molecule has 1 heterocycles. The normalized spacial score (nSPS) is 18.5. The number of pyridine rings is 1. The maximum Gasteiger partial charge on any atom is 0.323 e. The van der Waals surface area contributed by atoms with Crippen molar-refractivity contribution >= 4 is 5.97 Å². The van der Waals surface area contributed by atoms with E-state index < -0.39 is 0 Å².